The Morgan fingerprint density at radius 1 is 1.38 bits per heavy atom. The van der Waals surface area contributed by atoms with Crippen molar-refractivity contribution in [2.24, 2.45) is 11.8 Å². The predicted molar refractivity (Wildman–Crippen MR) is 43.9 cm³/mol. The fraction of sp³-hybridized carbons (Fsp3) is 0.750. The molecule has 0 aliphatic heterocycles. The zero-order valence-electron chi connectivity index (χ0n) is 7.19. The van der Waals surface area contributed by atoms with Crippen molar-refractivity contribution in [3.63, 3.8) is 0 Å². The first kappa shape index (κ1) is 9.98. The van der Waals surface area contributed by atoms with E-state index in [1.807, 2.05) is 0 Å². The van der Waals surface area contributed by atoms with Gasteiger partial charge in [0.15, 0.2) is 0 Å². The van der Waals surface area contributed by atoms with Crippen LogP contribution in [0.5, 0.6) is 0 Å². The van der Waals surface area contributed by atoms with Gasteiger partial charge in [-0.2, -0.15) is 0 Å². The van der Waals surface area contributed by atoms with Crippen LogP contribution in [0.4, 0.5) is 0 Å². The van der Waals surface area contributed by atoms with Crippen molar-refractivity contribution < 1.29 is 19.8 Å². The fourth-order valence-electron chi connectivity index (χ4n) is 1.18. The zero-order chi connectivity index (χ0) is 9.84. The minimum atomic E-state index is -0.901. The van der Waals surface area contributed by atoms with Crippen LogP contribution in [0.25, 0.3) is 0 Å². The molecule has 1 saturated carbocycles. The largest absolute Gasteiger partial charge is 0.481 e. The third kappa shape index (κ3) is 2.69. The van der Waals surface area contributed by atoms with E-state index in [-0.39, 0.29) is 18.4 Å². The lowest BCUT2D eigenvalue weighted by Gasteiger charge is -2.01. The number of carbonyl (C=O) groups is 2. The van der Waals surface area contributed by atoms with Crippen LogP contribution < -0.4 is 5.32 Å². The van der Waals surface area contributed by atoms with E-state index < -0.39 is 11.9 Å². The van der Waals surface area contributed by atoms with Crippen LogP contribution >= 0.6 is 0 Å². The van der Waals surface area contributed by atoms with Crippen LogP contribution in [0.15, 0.2) is 0 Å². The summed E-state index contributed by atoms with van der Waals surface area (Å²) in [6.45, 7) is 0.450. The minimum absolute atomic E-state index is 0.0350. The summed E-state index contributed by atoms with van der Waals surface area (Å²) in [5.41, 5.74) is 0. The molecule has 1 fully saturated rings. The van der Waals surface area contributed by atoms with Crippen LogP contribution in [0.3, 0.4) is 0 Å². The standard InChI is InChI=1S/C8H13NO4/c10-3-1-2-9-7(11)5-4-6(5)8(12)13/h5-6,10H,1-4H2,(H,9,11)(H,12,13). The zero-order valence-corrected chi connectivity index (χ0v) is 7.19. The number of rotatable bonds is 5. The molecule has 0 bridgehead atoms. The molecule has 1 amide bonds. The van der Waals surface area contributed by atoms with Gasteiger partial charge in [-0.05, 0) is 12.8 Å². The molecule has 2 unspecified atom stereocenters. The Balaban J connectivity index is 2.16. The number of carboxylic acid groups (broad SMARTS) is 1. The summed E-state index contributed by atoms with van der Waals surface area (Å²) in [6.07, 6.45) is 0.955. The highest BCUT2D eigenvalue weighted by Crippen LogP contribution is 2.38. The molecule has 0 aromatic rings. The molecule has 0 aromatic heterocycles. The van der Waals surface area contributed by atoms with Crippen LogP contribution in [0, 0.1) is 11.8 Å². The first-order valence-corrected chi connectivity index (χ1v) is 4.28. The van der Waals surface area contributed by atoms with Crippen molar-refractivity contribution in [2.45, 2.75) is 12.8 Å². The van der Waals surface area contributed by atoms with E-state index in [1.165, 1.54) is 0 Å². The second-order valence-electron chi connectivity index (χ2n) is 3.16. The third-order valence-electron chi connectivity index (χ3n) is 2.08. The lowest BCUT2D eigenvalue weighted by atomic mass is 10.3. The highest BCUT2D eigenvalue weighted by molar-refractivity contribution is 5.89. The second-order valence-corrected chi connectivity index (χ2v) is 3.16. The maximum Gasteiger partial charge on any atom is 0.307 e. The van der Waals surface area contributed by atoms with Crippen molar-refractivity contribution in [2.75, 3.05) is 13.2 Å². The molecule has 0 spiro atoms. The third-order valence-corrected chi connectivity index (χ3v) is 2.08. The Hall–Kier alpha value is -1.10. The Labute approximate surface area is 75.7 Å². The molecule has 1 aliphatic rings. The Bertz CT molecular complexity index is 216. The molecule has 2 atom stereocenters. The number of carboxylic acids is 1. The van der Waals surface area contributed by atoms with E-state index in [0.29, 0.717) is 19.4 Å². The Morgan fingerprint density at radius 3 is 2.54 bits per heavy atom. The average Bonchev–Trinajstić information content (AvgIpc) is 2.83. The van der Waals surface area contributed by atoms with Crippen molar-refractivity contribution in [3.05, 3.63) is 0 Å². The van der Waals surface area contributed by atoms with Gasteiger partial charge in [-0.3, -0.25) is 9.59 Å². The van der Waals surface area contributed by atoms with Gasteiger partial charge in [0, 0.05) is 13.2 Å². The summed E-state index contributed by atoms with van der Waals surface area (Å²) in [7, 11) is 0. The highest BCUT2D eigenvalue weighted by atomic mass is 16.4. The van der Waals surface area contributed by atoms with E-state index in [1.54, 1.807) is 0 Å². The molecule has 0 aromatic carbocycles. The summed E-state index contributed by atoms with van der Waals surface area (Å²) in [6, 6.07) is 0. The van der Waals surface area contributed by atoms with Gasteiger partial charge in [-0.15, -0.1) is 0 Å². The van der Waals surface area contributed by atoms with Crippen molar-refractivity contribution in [1.82, 2.24) is 5.32 Å². The predicted octanol–water partition coefficient (Wildman–Crippen LogP) is -0.794. The van der Waals surface area contributed by atoms with Gasteiger partial charge in [0.05, 0.1) is 11.8 Å². The molecule has 0 heterocycles. The normalized spacial score (nSPS) is 25.3. The number of amides is 1. The quantitative estimate of drug-likeness (QED) is 0.492. The maximum atomic E-state index is 11.1. The number of carbonyl (C=O) groups excluding carboxylic acids is 1. The lowest BCUT2D eigenvalue weighted by molar-refractivity contribution is -0.140. The average molecular weight is 187 g/mol. The number of nitrogens with one attached hydrogen (secondary N) is 1. The molecule has 1 rings (SSSR count). The van der Waals surface area contributed by atoms with Crippen LogP contribution in [-0.2, 0) is 9.59 Å². The highest BCUT2D eigenvalue weighted by Gasteiger charge is 2.48. The van der Waals surface area contributed by atoms with Crippen molar-refractivity contribution in [3.8, 4) is 0 Å². The van der Waals surface area contributed by atoms with Crippen LogP contribution in [0.1, 0.15) is 12.8 Å². The van der Waals surface area contributed by atoms with E-state index in [9.17, 15) is 9.59 Å². The van der Waals surface area contributed by atoms with E-state index in [2.05, 4.69) is 5.32 Å². The Kier molecular flexibility index (Phi) is 3.25. The molecular formula is C8H13NO4. The number of hydrogen-bond donors (Lipinski definition) is 3. The first-order chi connectivity index (χ1) is 6.16. The molecule has 5 heteroatoms. The summed E-state index contributed by atoms with van der Waals surface area (Å²) in [5, 5.41) is 19.5. The monoisotopic (exact) mass is 187 g/mol. The topological polar surface area (TPSA) is 86.6 Å². The van der Waals surface area contributed by atoms with E-state index >= 15 is 0 Å². The molecule has 0 radical (unpaired) electrons. The maximum absolute atomic E-state index is 11.1. The fourth-order valence-corrected chi connectivity index (χ4v) is 1.18. The van der Waals surface area contributed by atoms with Gasteiger partial charge in [0.25, 0.3) is 0 Å². The summed E-state index contributed by atoms with van der Waals surface area (Å²) >= 11 is 0. The van der Waals surface area contributed by atoms with Crippen LogP contribution in [-0.4, -0.2) is 35.2 Å². The Morgan fingerprint density at radius 2 is 2.08 bits per heavy atom. The van der Waals surface area contributed by atoms with Gasteiger partial charge in [-0.1, -0.05) is 0 Å². The molecule has 3 N–H and O–H groups in total. The molecule has 13 heavy (non-hydrogen) atoms. The summed E-state index contributed by atoms with van der Waals surface area (Å²) in [5.74, 6) is -1.95. The number of aliphatic carboxylic acids is 1. The minimum Gasteiger partial charge on any atom is -0.481 e. The SMILES string of the molecule is O=C(O)C1CC1C(=O)NCCCO. The molecule has 5 nitrogen and oxygen atoms in total. The smallest absolute Gasteiger partial charge is 0.307 e. The molecule has 74 valence electrons. The lowest BCUT2D eigenvalue weighted by Crippen LogP contribution is -2.27. The summed E-state index contributed by atoms with van der Waals surface area (Å²) in [4.78, 5) is 21.5. The van der Waals surface area contributed by atoms with Gasteiger partial charge in [-0.25, -0.2) is 0 Å². The second kappa shape index (κ2) is 4.23. The molecule has 1 aliphatic carbocycles. The van der Waals surface area contributed by atoms with E-state index in [0.717, 1.165) is 0 Å². The van der Waals surface area contributed by atoms with Gasteiger partial charge < -0.3 is 15.5 Å². The van der Waals surface area contributed by atoms with E-state index in [4.69, 9.17) is 10.2 Å². The van der Waals surface area contributed by atoms with Crippen molar-refractivity contribution >= 4 is 11.9 Å². The van der Waals surface area contributed by atoms with Crippen LogP contribution in [0.2, 0.25) is 0 Å². The number of aliphatic hydroxyl groups is 1. The molecule has 0 saturated heterocycles. The summed E-state index contributed by atoms with van der Waals surface area (Å²) < 4.78 is 0. The first-order valence-electron chi connectivity index (χ1n) is 4.28. The number of hydrogen-bond acceptors (Lipinski definition) is 3. The van der Waals surface area contributed by atoms with Crippen molar-refractivity contribution in [1.29, 1.82) is 0 Å². The number of aliphatic hydroxyl groups excluding tert-OH is 1. The van der Waals surface area contributed by atoms with Gasteiger partial charge >= 0.3 is 5.97 Å². The van der Waals surface area contributed by atoms with Gasteiger partial charge in [0.1, 0.15) is 0 Å². The molecular weight excluding hydrogens is 174 g/mol. The van der Waals surface area contributed by atoms with Gasteiger partial charge in [0.2, 0.25) is 5.91 Å².